The van der Waals surface area contributed by atoms with Crippen molar-refractivity contribution in [2.75, 3.05) is 20.2 Å². The predicted molar refractivity (Wildman–Crippen MR) is 91.8 cm³/mol. The molecule has 0 radical (unpaired) electrons. The van der Waals surface area contributed by atoms with Gasteiger partial charge in [-0.25, -0.2) is 0 Å². The van der Waals surface area contributed by atoms with Crippen molar-refractivity contribution in [2.24, 2.45) is 0 Å². The fourth-order valence-corrected chi connectivity index (χ4v) is 3.96. The minimum absolute atomic E-state index is 0.0772. The van der Waals surface area contributed by atoms with E-state index in [1.165, 1.54) is 17.3 Å². The van der Waals surface area contributed by atoms with E-state index in [1.807, 2.05) is 29.3 Å². The summed E-state index contributed by atoms with van der Waals surface area (Å²) in [4.78, 5) is 28.4. The van der Waals surface area contributed by atoms with Crippen LogP contribution in [0.15, 0.2) is 24.4 Å². The van der Waals surface area contributed by atoms with Crippen LogP contribution in [0.5, 0.6) is 5.75 Å². The van der Waals surface area contributed by atoms with E-state index in [0.717, 1.165) is 23.1 Å². The average Bonchev–Trinajstić information content (AvgIpc) is 3.07. The number of aromatic nitrogens is 1. The van der Waals surface area contributed by atoms with Crippen LogP contribution in [-0.4, -0.2) is 46.4 Å². The second-order valence-corrected chi connectivity index (χ2v) is 7.23. The lowest BCUT2D eigenvalue weighted by molar-refractivity contribution is -0.127. The van der Waals surface area contributed by atoms with Gasteiger partial charge in [-0.2, -0.15) is 0 Å². The van der Waals surface area contributed by atoms with Crippen LogP contribution in [0.2, 0.25) is 0 Å². The number of fused-ring (bicyclic) bond motifs is 1. The summed E-state index contributed by atoms with van der Waals surface area (Å²) < 4.78 is 5.28. The average molecular weight is 332 g/mol. The third-order valence-corrected chi connectivity index (χ3v) is 5.12. The van der Waals surface area contributed by atoms with Gasteiger partial charge in [0.2, 0.25) is 5.91 Å². The number of nitrogens with one attached hydrogen (secondary N) is 1. The maximum absolute atomic E-state index is 12.1. The Morgan fingerprint density at radius 1 is 1.48 bits per heavy atom. The smallest absolute Gasteiger partial charge is 0.223 e. The number of aromatic amines is 1. The van der Waals surface area contributed by atoms with E-state index in [0.29, 0.717) is 19.5 Å². The van der Waals surface area contributed by atoms with Crippen molar-refractivity contribution in [3.8, 4) is 5.75 Å². The zero-order valence-corrected chi connectivity index (χ0v) is 14.1. The van der Waals surface area contributed by atoms with Crippen LogP contribution >= 0.6 is 11.8 Å². The highest BCUT2D eigenvalue weighted by Gasteiger charge is 2.30. The van der Waals surface area contributed by atoms with Gasteiger partial charge in [-0.15, -0.1) is 0 Å². The third kappa shape index (κ3) is 3.52. The zero-order chi connectivity index (χ0) is 16.4. The first-order valence-electron chi connectivity index (χ1n) is 7.66. The van der Waals surface area contributed by atoms with Crippen LogP contribution in [0, 0.1) is 0 Å². The van der Waals surface area contributed by atoms with E-state index in [9.17, 15) is 9.59 Å². The van der Waals surface area contributed by atoms with Gasteiger partial charge in [0.15, 0.2) is 5.12 Å². The van der Waals surface area contributed by atoms with Crippen LogP contribution in [0.25, 0.3) is 10.9 Å². The molecule has 0 aliphatic carbocycles. The number of hydrogen-bond acceptors (Lipinski definition) is 4. The van der Waals surface area contributed by atoms with Crippen LogP contribution in [0.4, 0.5) is 0 Å². The molecule has 1 unspecified atom stereocenters. The number of benzene rings is 1. The van der Waals surface area contributed by atoms with Crippen LogP contribution in [-0.2, 0) is 16.0 Å². The number of amides is 1. The predicted octanol–water partition coefficient (Wildman–Crippen LogP) is 2.60. The number of thioether (sulfide) groups is 1. The van der Waals surface area contributed by atoms with Crippen LogP contribution in [0.1, 0.15) is 18.9 Å². The Kier molecular flexibility index (Phi) is 4.61. The number of hydrogen-bond donors (Lipinski definition) is 1. The fraction of sp³-hybridized carbons (Fsp3) is 0.412. The molecule has 23 heavy (non-hydrogen) atoms. The third-order valence-electron chi connectivity index (χ3n) is 4.14. The molecule has 1 aromatic carbocycles. The minimum atomic E-state index is 0.0772. The van der Waals surface area contributed by atoms with Gasteiger partial charge in [-0.3, -0.25) is 9.59 Å². The fourth-order valence-electron chi connectivity index (χ4n) is 3.01. The molecule has 122 valence electrons. The van der Waals surface area contributed by atoms with Crippen molar-refractivity contribution in [3.63, 3.8) is 0 Å². The number of H-pyrrole nitrogens is 1. The second kappa shape index (κ2) is 6.66. The van der Waals surface area contributed by atoms with Gasteiger partial charge in [0.05, 0.1) is 7.11 Å². The van der Waals surface area contributed by atoms with E-state index >= 15 is 0 Å². The highest BCUT2D eigenvalue weighted by atomic mass is 32.2. The first-order chi connectivity index (χ1) is 11.1. The van der Waals surface area contributed by atoms with E-state index < -0.39 is 0 Å². The molecule has 1 saturated heterocycles. The Hall–Kier alpha value is -1.95. The number of methoxy groups -OCH3 is 1. The Morgan fingerprint density at radius 3 is 3.04 bits per heavy atom. The molecular weight excluding hydrogens is 312 g/mol. The molecule has 1 aliphatic rings. The number of carbonyl (C=O) groups excluding carboxylic acids is 2. The monoisotopic (exact) mass is 332 g/mol. The molecule has 0 spiro atoms. The number of likely N-dealkylation sites (tertiary alicyclic amines) is 1. The van der Waals surface area contributed by atoms with Gasteiger partial charge in [-0.1, -0.05) is 11.8 Å². The number of nitrogens with zero attached hydrogens (tertiary/aromatic N) is 1. The van der Waals surface area contributed by atoms with Crippen LogP contribution < -0.4 is 4.74 Å². The van der Waals surface area contributed by atoms with E-state index in [4.69, 9.17) is 4.74 Å². The molecule has 6 heteroatoms. The highest BCUT2D eigenvalue weighted by Crippen LogP contribution is 2.26. The molecule has 0 bridgehead atoms. The summed E-state index contributed by atoms with van der Waals surface area (Å²) in [5, 5.41) is 1.31. The summed E-state index contributed by atoms with van der Waals surface area (Å²) in [7, 11) is 1.66. The molecule has 1 fully saturated rings. The summed E-state index contributed by atoms with van der Waals surface area (Å²) in [6.07, 6.45) is 3.24. The molecule has 1 aromatic heterocycles. The number of ether oxygens (including phenoxy) is 1. The Labute approximate surface area is 139 Å². The van der Waals surface area contributed by atoms with Gasteiger partial charge in [-0.05, 0) is 30.2 Å². The molecular formula is C17H20N2O3S. The van der Waals surface area contributed by atoms with Gasteiger partial charge < -0.3 is 14.6 Å². The van der Waals surface area contributed by atoms with Crippen LogP contribution in [0.3, 0.4) is 0 Å². The molecule has 0 saturated carbocycles. The van der Waals surface area contributed by atoms with Gasteiger partial charge in [0.25, 0.3) is 0 Å². The minimum Gasteiger partial charge on any atom is -0.497 e. The topological polar surface area (TPSA) is 62.4 Å². The summed E-state index contributed by atoms with van der Waals surface area (Å²) in [6.45, 7) is 2.89. The van der Waals surface area contributed by atoms with Crippen molar-refractivity contribution in [3.05, 3.63) is 30.0 Å². The molecule has 1 atom stereocenters. The van der Waals surface area contributed by atoms with Gasteiger partial charge in [0, 0.05) is 48.8 Å². The number of rotatable bonds is 5. The van der Waals surface area contributed by atoms with Crippen molar-refractivity contribution < 1.29 is 14.3 Å². The van der Waals surface area contributed by atoms with E-state index in [1.54, 1.807) is 14.0 Å². The van der Waals surface area contributed by atoms with Crippen molar-refractivity contribution in [1.29, 1.82) is 0 Å². The molecule has 2 heterocycles. The Balaban J connectivity index is 1.66. The maximum Gasteiger partial charge on any atom is 0.223 e. The van der Waals surface area contributed by atoms with E-state index in [-0.39, 0.29) is 16.3 Å². The second-order valence-electron chi connectivity index (χ2n) is 5.75. The lowest BCUT2D eigenvalue weighted by Gasteiger charge is -2.16. The quantitative estimate of drug-likeness (QED) is 0.914. The first kappa shape index (κ1) is 15.9. The van der Waals surface area contributed by atoms with Gasteiger partial charge in [0.1, 0.15) is 5.75 Å². The SMILES string of the molecule is COc1ccc2[nH]cc(CCN3CC(SC(C)=O)CC3=O)c2c1. The molecule has 2 aromatic rings. The normalized spacial score (nSPS) is 17.9. The molecule has 5 nitrogen and oxygen atoms in total. The largest absolute Gasteiger partial charge is 0.497 e. The van der Waals surface area contributed by atoms with Gasteiger partial charge >= 0.3 is 0 Å². The Morgan fingerprint density at radius 2 is 2.30 bits per heavy atom. The summed E-state index contributed by atoms with van der Waals surface area (Å²) in [5.41, 5.74) is 2.24. The molecule has 3 rings (SSSR count). The molecule has 1 amide bonds. The lowest BCUT2D eigenvalue weighted by atomic mass is 10.1. The van der Waals surface area contributed by atoms with E-state index in [2.05, 4.69) is 4.98 Å². The standard InChI is InChI=1S/C17H20N2O3S/c1-11(20)23-14-8-17(21)19(10-14)6-5-12-9-18-16-4-3-13(22-2)7-15(12)16/h3-4,7,9,14,18H,5-6,8,10H2,1-2H3. The Bertz CT molecular complexity index is 741. The van der Waals surface area contributed by atoms with Crippen molar-refractivity contribution >= 4 is 33.7 Å². The summed E-state index contributed by atoms with van der Waals surface area (Å²) in [5.74, 6) is 0.967. The zero-order valence-electron chi connectivity index (χ0n) is 13.3. The first-order valence-corrected chi connectivity index (χ1v) is 8.54. The molecule has 1 aliphatic heterocycles. The highest BCUT2D eigenvalue weighted by molar-refractivity contribution is 8.14. The molecule has 1 N–H and O–H groups in total. The summed E-state index contributed by atoms with van der Waals surface area (Å²) in [6, 6.07) is 5.94. The summed E-state index contributed by atoms with van der Waals surface area (Å²) >= 11 is 1.28. The van der Waals surface area contributed by atoms with Crippen molar-refractivity contribution in [1.82, 2.24) is 9.88 Å². The lowest BCUT2D eigenvalue weighted by Crippen LogP contribution is -2.27. The van der Waals surface area contributed by atoms with Crippen molar-refractivity contribution in [2.45, 2.75) is 25.0 Å². The number of carbonyl (C=O) groups is 2. The maximum atomic E-state index is 12.1.